The smallest absolute Gasteiger partial charge is 0.315 e. The van der Waals surface area contributed by atoms with E-state index in [4.69, 9.17) is 16.3 Å². The summed E-state index contributed by atoms with van der Waals surface area (Å²) in [5.41, 5.74) is 4.79. The molecule has 1 aromatic rings. The van der Waals surface area contributed by atoms with E-state index in [0.717, 1.165) is 25.7 Å². The van der Waals surface area contributed by atoms with Crippen molar-refractivity contribution in [3.63, 3.8) is 0 Å². The molecule has 4 N–H and O–H groups in total. The quantitative estimate of drug-likeness (QED) is 0.407. The van der Waals surface area contributed by atoms with Gasteiger partial charge < -0.3 is 16.3 Å². The van der Waals surface area contributed by atoms with Gasteiger partial charge in [-0.05, 0) is 13.3 Å². The first kappa shape index (κ1) is 16.9. The van der Waals surface area contributed by atoms with E-state index in [1.807, 2.05) is 0 Å². The molecule has 1 atom stereocenters. The highest BCUT2D eigenvalue weighted by Crippen LogP contribution is 2.20. The molecule has 1 rings (SSSR count). The Morgan fingerprint density at radius 2 is 2.00 bits per heavy atom. The lowest BCUT2D eigenvalue weighted by atomic mass is 9.97. The fraction of sp³-hybridized carbons (Fsp3) is 0.692. The van der Waals surface area contributed by atoms with Gasteiger partial charge in [-0.15, -0.1) is 10.2 Å². The lowest BCUT2D eigenvalue weighted by Crippen LogP contribution is -2.37. The molecule has 0 aromatic carbocycles. The first-order valence-electron chi connectivity index (χ1n) is 7.19. The van der Waals surface area contributed by atoms with Gasteiger partial charge in [0, 0.05) is 0 Å². The van der Waals surface area contributed by atoms with Crippen LogP contribution in [0.1, 0.15) is 57.6 Å². The molecule has 0 saturated heterocycles. The molecule has 0 fully saturated rings. The Morgan fingerprint density at radius 1 is 1.29 bits per heavy atom. The first-order valence-corrected chi connectivity index (χ1v) is 7.19. The third kappa shape index (κ3) is 4.44. The molecule has 0 amide bonds. The zero-order chi connectivity index (χ0) is 15.8. The number of carbonyl (C=O) groups excluding carboxylic acids is 1. The van der Waals surface area contributed by atoms with Crippen LogP contribution >= 0.6 is 0 Å². The van der Waals surface area contributed by atoms with E-state index in [9.17, 15) is 9.59 Å². The van der Waals surface area contributed by atoms with Crippen LogP contribution in [0.2, 0.25) is 0 Å². The Morgan fingerprint density at radius 3 is 2.62 bits per heavy atom. The number of anilines is 1. The van der Waals surface area contributed by atoms with Crippen molar-refractivity contribution in [1.82, 2.24) is 14.9 Å². The van der Waals surface area contributed by atoms with E-state index in [2.05, 4.69) is 17.1 Å². The Hall–Kier alpha value is -2.12. The molecule has 118 valence electrons. The maximum atomic E-state index is 12.1. The van der Waals surface area contributed by atoms with E-state index >= 15 is 0 Å². The van der Waals surface area contributed by atoms with Gasteiger partial charge in [0.2, 0.25) is 5.95 Å². The van der Waals surface area contributed by atoms with Crippen molar-refractivity contribution in [3.8, 4) is 0 Å². The number of esters is 1. The van der Waals surface area contributed by atoms with Crippen molar-refractivity contribution in [1.29, 1.82) is 0 Å². The molecule has 1 heterocycles. The van der Waals surface area contributed by atoms with E-state index < -0.39 is 17.4 Å². The topological polar surface area (TPSA) is 126 Å². The monoisotopic (exact) mass is 297 g/mol. The minimum atomic E-state index is -0.753. The first-order chi connectivity index (χ1) is 10.0. The number of ether oxygens (including phenoxy) is 1. The molecule has 0 spiro atoms. The Labute approximate surface area is 123 Å². The van der Waals surface area contributed by atoms with Crippen LogP contribution in [-0.4, -0.2) is 27.4 Å². The third-order valence-corrected chi connectivity index (χ3v) is 3.19. The van der Waals surface area contributed by atoms with Crippen LogP contribution in [0.3, 0.4) is 0 Å². The van der Waals surface area contributed by atoms with Crippen LogP contribution in [0, 0.1) is 0 Å². The molecule has 0 saturated carbocycles. The summed E-state index contributed by atoms with van der Waals surface area (Å²) in [6.45, 7) is 4.05. The predicted octanol–water partition coefficient (Wildman–Crippen LogP) is 0.551. The SMILES string of the molecule is CCCCCCC(C(=O)OCC)c1nnc(N)n(N)c1=O. The van der Waals surface area contributed by atoms with Crippen molar-refractivity contribution < 1.29 is 9.53 Å². The van der Waals surface area contributed by atoms with Crippen LogP contribution in [0.15, 0.2) is 4.79 Å². The van der Waals surface area contributed by atoms with Crippen LogP contribution in [0.4, 0.5) is 5.95 Å². The van der Waals surface area contributed by atoms with Gasteiger partial charge in [0.15, 0.2) is 0 Å². The van der Waals surface area contributed by atoms with Gasteiger partial charge in [-0.3, -0.25) is 9.59 Å². The number of nitrogen functional groups attached to an aromatic ring is 2. The van der Waals surface area contributed by atoms with Gasteiger partial charge in [0.25, 0.3) is 5.56 Å². The third-order valence-electron chi connectivity index (χ3n) is 3.19. The van der Waals surface area contributed by atoms with Crippen LogP contribution < -0.4 is 17.1 Å². The van der Waals surface area contributed by atoms with Crippen molar-refractivity contribution in [2.75, 3.05) is 18.2 Å². The fourth-order valence-corrected chi connectivity index (χ4v) is 2.03. The summed E-state index contributed by atoms with van der Waals surface area (Å²) in [6.07, 6.45) is 4.41. The lowest BCUT2D eigenvalue weighted by Gasteiger charge is -2.14. The molecule has 1 unspecified atom stereocenters. The summed E-state index contributed by atoms with van der Waals surface area (Å²) in [5.74, 6) is 4.06. The number of hydrogen-bond donors (Lipinski definition) is 2. The molecule has 0 aliphatic rings. The van der Waals surface area contributed by atoms with Crippen LogP contribution in [0.5, 0.6) is 0 Å². The van der Waals surface area contributed by atoms with Crippen LogP contribution in [-0.2, 0) is 9.53 Å². The average Bonchev–Trinajstić information content (AvgIpc) is 2.46. The Bertz CT molecular complexity index is 529. The second-order valence-corrected chi connectivity index (χ2v) is 4.77. The summed E-state index contributed by atoms with van der Waals surface area (Å²) >= 11 is 0. The Balaban J connectivity index is 2.98. The molecular weight excluding hydrogens is 274 g/mol. The van der Waals surface area contributed by atoms with Gasteiger partial charge in [-0.1, -0.05) is 32.6 Å². The van der Waals surface area contributed by atoms with Crippen LogP contribution in [0.25, 0.3) is 0 Å². The molecule has 1 aromatic heterocycles. The van der Waals surface area contributed by atoms with Crippen molar-refractivity contribution in [2.45, 2.75) is 51.9 Å². The molecule has 8 heteroatoms. The second-order valence-electron chi connectivity index (χ2n) is 4.77. The molecule has 8 nitrogen and oxygen atoms in total. The summed E-state index contributed by atoms with van der Waals surface area (Å²) in [7, 11) is 0. The number of nitrogens with two attached hydrogens (primary N) is 2. The molecule has 0 aliphatic heterocycles. The summed E-state index contributed by atoms with van der Waals surface area (Å²) in [4.78, 5) is 24.1. The van der Waals surface area contributed by atoms with Gasteiger partial charge in [0.05, 0.1) is 6.61 Å². The predicted molar refractivity (Wildman–Crippen MR) is 79.0 cm³/mol. The number of hydrogen-bond acceptors (Lipinski definition) is 7. The van der Waals surface area contributed by atoms with Gasteiger partial charge in [-0.25, -0.2) is 0 Å². The highest BCUT2D eigenvalue weighted by molar-refractivity contribution is 5.77. The van der Waals surface area contributed by atoms with Crippen molar-refractivity contribution in [3.05, 3.63) is 16.0 Å². The Kier molecular flexibility index (Phi) is 6.64. The normalized spacial score (nSPS) is 12.1. The second kappa shape index (κ2) is 8.23. The minimum Gasteiger partial charge on any atom is -0.465 e. The van der Waals surface area contributed by atoms with E-state index in [1.165, 1.54) is 0 Å². The summed E-state index contributed by atoms with van der Waals surface area (Å²) in [6, 6.07) is 0. The maximum Gasteiger partial charge on any atom is 0.315 e. The van der Waals surface area contributed by atoms with E-state index in [-0.39, 0.29) is 18.2 Å². The van der Waals surface area contributed by atoms with Crippen molar-refractivity contribution >= 4 is 11.9 Å². The zero-order valence-corrected chi connectivity index (χ0v) is 12.5. The zero-order valence-electron chi connectivity index (χ0n) is 12.5. The number of rotatable bonds is 8. The number of unbranched alkanes of at least 4 members (excludes halogenated alkanes) is 3. The standard InChI is InChI=1S/C13H23N5O3/c1-3-5-6-7-8-9(12(20)21-4-2)10-11(19)18(15)13(14)17-16-10/h9H,3-8,15H2,1-2H3,(H2,14,17). The fourth-order valence-electron chi connectivity index (χ4n) is 2.03. The summed E-state index contributed by atoms with van der Waals surface area (Å²) < 4.78 is 5.71. The molecule has 0 radical (unpaired) electrons. The molecular formula is C13H23N5O3. The molecule has 21 heavy (non-hydrogen) atoms. The summed E-state index contributed by atoms with van der Waals surface area (Å²) in [5, 5.41) is 7.36. The maximum absolute atomic E-state index is 12.1. The van der Waals surface area contributed by atoms with Gasteiger partial charge in [-0.2, -0.15) is 4.68 Å². The number of carbonyl (C=O) groups is 1. The lowest BCUT2D eigenvalue weighted by molar-refractivity contribution is -0.145. The number of aromatic nitrogens is 3. The van der Waals surface area contributed by atoms with Crippen molar-refractivity contribution in [2.24, 2.45) is 0 Å². The largest absolute Gasteiger partial charge is 0.465 e. The van der Waals surface area contributed by atoms with E-state index in [0.29, 0.717) is 11.1 Å². The minimum absolute atomic E-state index is 0.0124. The van der Waals surface area contributed by atoms with E-state index in [1.54, 1.807) is 6.92 Å². The molecule has 0 aliphatic carbocycles. The number of nitrogens with zero attached hydrogens (tertiary/aromatic N) is 3. The highest BCUT2D eigenvalue weighted by Gasteiger charge is 2.27. The van der Waals surface area contributed by atoms with Gasteiger partial charge in [0.1, 0.15) is 11.6 Å². The highest BCUT2D eigenvalue weighted by atomic mass is 16.5. The molecule has 0 bridgehead atoms. The average molecular weight is 297 g/mol. The van der Waals surface area contributed by atoms with Gasteiger partial charge >= 0.3 is 5.97 Å².